The first-order valence-electron chi connectivity index (χ1n) is 6.39. The Labute approximate surface area is 127 Å². The van der Waals surface area contributed by atoms with E-state index in [0.717, 1.165) is 11.5 Å². The molecule has 4 heteroatoms. The molecular weight excluding hydrogens is 288 g/mol. The number of thioether (sulfide) groups is 2. The fourth-order valence-electron chi connectivity index (χ4n) is 2.07. The predicted octanol–water partition coefficient (Wildman–Crippen LogP) is 4.88. The number of methoxy groups -OCH3 is 2. The Bertz CT molecular complexity index is 509. The van der Waals surface area contributed by atoms with Crippen LogP contribution in [0.25, 0.3) is 0 Å². The van der Waals surface area contributed by atoms with E-state index in [9.17, 15) is 0 Å². The molecule has 1 fully saturated rings. The fraction of sp³-hybridized carbons (Fsp3) is 0.250. The van der Waals surface area contributed by atoms with Crippen molar-refractivity contribution in [1.82, 2.24) is 0 Å². The fourth-order valence-corrected chi connectivity index (χ4v) is 4.80. The molecule has 0 aromatic heterocycles. The standard InChI is InChI=1S/C16H16O2S2/c1-17-13-7-3-11(4-8-13)15-19-16(20-15)12-5-9-14(18-2)10-6-12/h3-10,15-16H,1-2H3. The molecule has 0 aliphatic carbocycles. The smallest absolute Gasteiger partial charge is 0.118 e. The van der Waals surface area contributed by atoms with Gasteiger partial charge in [-0.25, -0.2) is 0 Å². The third-order valence-corrected chi connectivity index (χ3v) is 6.68. The largest absolute Gasteiger partial charge is 0.497 e. The highest BCUT2D eigenvalue weighted by molar-refractivity contribution is 8.32. The van der Waals surface area contributed by atoms with Crippen LogP contribution in [-0.2, 0) is 0 Å². The van der Waals surface area contributed by atoms with Crippen molar-refractivity contribution in [3.63, 3.8) is 0 Å². The number of hydrogen-bond acceptors (Lipinski definition) is 4. The highest BCUT2D eigenvalue weighted by Crippen LogP contribution is 2.66. The molecule has 2 nitrogen and oxygen atoms in total. The van der Waals surface area contributed by atoms with Gasteiger partial charge in [-0.3, -0.25) is 0 Å². The van der Waals surface area contributed by atoms with E-state index in [1.54, 1.807) is 14.2 Å². The van der Waals surface area contributed by atoms with Crippen molar-refractivity contribution < 1.29 is 9.47 Å². The van der Waals surface area contributed by atoms with Crippen LogP contribution in [-0.4, -0.2) is 14.2 Å². The summed E-state index contributed by atoms with van der Waals surface area (Å²) in [5.74, 6) is 1.82. The molecule has 0 amide bonds. The van der Waals surface area contributed by atoms with Gasteiger partial charge in [0, 0.05) is 0 Å². The summed E-state index contributed by atoms with van der Waals surface area (Å²) in [5, 5.41) is 0. The summed E-state index contributed by atoms with van der Waals surface area (Å²) in [6.45, 7) is 0. The van der Waals surface area contributed by atoms with E-state index in [4.69, 9.17) is 9.47 Å². The van der Waals surface area contributed by atoms with Gasteiger partial charge in [-0.15, -0.1) is 23.5 Å². The third-order valence-electron chi connectivity index (χ3n) is 3.27. The molecule has 0 saturated carbocycles. The van der Waals surface area contributed by atoms with Crippen LogP contribution in [0, 0.1) is 0 Å². The minimum Gasteiger partial charge on any atom is -0.497 e. The zero-order valence-corrected chi connectivity index (χ0v) is 13.0. The van der Waals surface area contributed by atoms with Crippen molar-refractivity contribution in [3.05, 3.63) is 59.7 Å². The van der Waals surface area contributed by atoms with Crippen LogP contribution in [0.4, 0.5) is 0 Å². The van der Waals surface area contributed by atoms with Gasteiger partial charge >= 0.3 is 0 Å². The van der Waals surface area contributed by atoms with Gasteiger partial charge in [-0.1, -0.05) is 24.3 Å². The van der Waals surface area contributed by atoms with Gasteiger partial charge in [0.1, 0.15) is 11.5 Å². The second kappa shape index (κ2) is 6.02. The van der Waals surface area contributed by atoms with Crippen molar-refractivity contribution >= 4 is 23.5 Å². The first-order chi connectivity index (χ1) is 9.80. The lowest BCUT2D eigenvalue weighted by atomic mass is 10.2. The van der Waals surface area contributed by atoms with Gasteiger partial charge in [0.05, 0.1) is 23.4 Å². The van der Waals surface area contributed by atoms with E-state index >= 15 is 0 Å². The van der Waals surface area contributed by atoms with Crippen molar-refractivity contribution in [2.24, 2.45) is 0 Å². The summed E-state index contributed by atoms with van der Waals surface area (Å²) in [6, 6.07) is 16.7. The monoisotopic (exact) mass is 304 g/mol. The molecule has 0 unspecified atom stereocenters. The van der Waals surface area contributed by atoms with Gasteiger partial charge in [0.15, 0.2) is 0 Å². The first kappa shape index (κ1) is 13.7. The lowest BCUT2D eigenvalue weighted by molar-refractivity contribution is 0.414. The van der Waals surface area contributed by atoms with Gasteiger partial charge in [0.25, 0.3) is 0 Å². The van der Waals surface area contributed by atoms with Gasteiger partial charge in [-0.05, 0) is 35.4 Å². The molecule has 20 heavy (non-hydrogen) atoms. The minimum absolute atomic E-state index is 0.521. The maximum atomic E-state index is 5.19. The summed E-state index contributed by atoms with van der Waals surface area (Å²) in [4.78, 5) is 0. The Morgan fingerprint density at radius 1 is 0.650 bits per heavy atom. The van der Waals surface area contributed by atoms with Crippen LogP contribution in [0.2, 0.25) is 0 Å². The summed E-state index contributed by atoms with van der Waals surface area (Å²) in [6.07, 6.45) is 0. The van der Waals surface area contributed by atoms with Gasteiger partial charge < -0.3 is 9.47 Å². The molecule has 0 atom stereocenters. The van der Waals surface area contributed by atoms with Crippen LogP contribution in [0.15, 0.2) is 48.5 Å². The summed E-state index contributed by atoms with van der Waals surface area (Å²) >= 11 is 3.98. The average Bonchev–Trinajstić information content (AvgIpc) is 2.47. The molecule has 0 radical (unpaired) electrons. The normalized spacial score (nSPS) is 21.1. The van der Waals surface area contributed by atoms with Crippen LogP contribution in [0.5, 0.6) is 11.5 Å². The Morgan fingerprint density at radius 2 is 1.00 bits per heavy atom. The summed E-state index contributed by atoms with van der Waals surface area (Å²) < 4.78 is 11.4. The quantitative estimate of drug-likeness (QED) is 0.801. The van der Waals surface area contributed by atoms with Gasteiger partial charge in [-0.2, -0.15) is 0 Å². The second-order valence-corrected chi connectivity index (χ2v) is 7.51. The molecule has 1 aliphatic heterocycles. The third kappa shape index (κ3) is 2.76. The van der Waals surface area contributed by atoms with Gasteiger partial charge in [0.2, 0.25) is 0 Å². The van der Waals surface area contributed by atoms with E-state index in [1.807, 2.05) is 47.8 Å². The van der Waals surface area contributed by atoms with E-state index in [0.29, 0.717) is 9.16 Å². The van der Waals surface area contributed by atoms with Crippen molar-refractivity contribution in [3.8, 4) is 11.5 Å². The molecule has 3 rings (SSSR count). The molecule has 1 aliphatic rings. The highest BCUT2D eigenvalue weighted by Gasteiger charge is 2.33. The molecule has 1 saturated heterocycles. The Hall–Kier alpha value is -1.26. The van der Waals surface area contributed by atoms with E-state index in [-0.39, 0.29) is 0 Å². The van der Waals surface area contributed by atoms with Crippen molar-refractivity contribution in [1.29, 1.82) is 0 Å². The van der Waals surface area contributed by atoms with Crippen LogP contribution >= 0.6 is 23.5 Å². The maximum absolute atomic E-state index is 5.19. The topological polar surface area (TPSA) is 18.5 Å². The first-order valence-corrected chi connectivity index (χ1v) is 8.27. The van der Waals surface area contributed by atoms with Crippen LogP contribution in [0.1, 0.15) is 20.3 Å². The molecule has 104 valence electrons. The number of ether oxygens (including phenoxy) is 2. The number of rotatable bonds is 4. The maximum Gasteiger partial charge on any atom is 0.118 e. The average molecular weight is 304 g/mol. The molecule has 2 aromatic rings. The molecule has 0 bridgehead atoms. The van der Waals surface area contributed by atoms with Crippen molar-refractivity contribution in [2.75, 3.05) is 14.2 Å². The van der Waals surface area contributed by atoms with E-state index in [2.05, 4.69) is 24.3 Å². The lowest BCUT2D eigenvalue weighted by Gasteiger charge is -2.34. The molecule has 0 N–H and O–H groups in total. The highest BCUT2D eigenvalue weighted by atomic mass is 32.3. The predicted molar refractivity (Wildman–Crippen MR) is 86.7 cm³/mol. The molecule has 1 heterocycles. The van der Waals surface area contributed by atoms with E-state index in [1.165, 1.54) is 11.1 Å². The SMILES string of the molecule is COc1ccc(C2SC(c3ccc(OC)cc3)S2)cc1. The summed E-state index contributed by atoms with van der Waals surface area (Å²) in [5.41, 5.74) is 2.70. The second-order valence-electron chi connectivity index (χ2n) is 4.48. The Morgan fingerprint density at radius 3 is 1.30 bits per heavy atom. The molecule has 0 spiro atoms. The molecular formula is C16H16O2S2. The van der Waals surface area contributed by atoms with E-state index < -0.39 is 0 Å². The van der Waals surface area contributed by atoms with Crippen LogP contribution < -0.4 is 9.47 Å². The zero-order valence-electron chi connectivity index (χ0n) is 11.4. The zero-order chi connectivity index (χ0) is 13.9. The Balaban J connectivity index is 1.62. The molecule has 2 aromatic carbocycles. The van der Waals surface area contributed by atoms with Crippen molar-refractivity contribution in [2.45, 2.75) is 9.16 Å². The summed E-state index contributed by atoms with van der Waals surface area (Å²) in [7, 11) is 3.39. The Kier molecular flexibility index (Phi) is 4.13. The lowest BCUT2D eigenvalue weighted by Crippen LogP contribution is -2.06. The minimum atomic E-state index is 0.521. The van der Waals surface area contributed by atoms with Crippen LogP contribution in [0.3, 0.4) is 0 Å². The number of benzene rings is 2. The number of hydrogen-bond donors (Lipinski definition) is 0.